The highest BCUT2D eigenvalue weighted by Gasteiger charge is 2.39. The maximum absolute atomic E-state index is 14.6. The van der Waals surface area contributed by atoms with Crippen molar-refractivity contribution in [1.29, 1.82) is 5.41 Å². The quantitative estimate of drug-likeness (QED) is 0.300. The van der Waals surface area contributed by atoms with Gasteiger partial charge in [-0.1, -0.05) is 6.42 Å². The van der Waals surface area contributed by atoms with E-state index in [4.69, 9.17) is 15.9 Å². The van der Waals surface area contributed by atoms with Crippen LogP contribution in [0.5, 0.6) is 5.75 Å². The molecule has 1 aromatic heterocycles. The molecule has 0 bridgehead atoms. The Morgan fingerprint density at radius 1 is 1.33 bits per heavy atom. The lowest BCUT2D eigenvalue weighted by Crippen LogP contribution is -2.47. The van der Waals surface area contributed by atoms with Crippen molar-refractivity contribution in [1.82, 2.24) is 4.98 Å². The smallest absolute Gasteiger partial charge is 0.274 e. The first-order valence-corrected chi connectivity index (χ1v) is 13.3. The number of ether oxygens (including phenoxy) is 1. The summed E-state index contributed by atoms with van der Waals surface area (Å²) < 4.78 is 58.0. The predicted octanol–water partition coefficient (Wildman–Crippen LogP) is 4.14. The fraction of sp³-hybridized carbons (Fsp3) is 0.480. The van der Waals surface area contributed by atoms with E-state index in [1.807, 2.05) is 0 Å². The van der Waals surface area contributed by atoms with Crippen LogP contribution in [-0.2, 0) is 9.84 Å². The molecule has 1 saturated carbocycles. The van der Waals surface area contributed by atoms with Gasteiger partial charge < -0.3 is 15.8 Å². The highest BCUT2D eigenvalue weighted by atomic mass is 32.2. The topological polar surface area (TPSA) is 135 Å². The fourth-order valence-corrected chi connectivity index (χ4v) is 5.27. The molecule has 1 aromatic carbocycles. The zero-order valence-corrected chi connectivity index (χ0v) is 21.4. The number of pyridine rings is 1. The second kappa shape index (κ2) is 10.9. The molecule has 36 heavy (non-hydrogen) atoms. The van der Waals surface area contributed by atoms with Gasteiger partial charge in [0.15, 0.2) is 9.84 Å². The molecule has 0 spiro atoms. The van der Waals surface area contributed by atoms with Crippen LogP contribution in [0, 0.1) is 24.1 Å². The van der Waals surface area contributed by atoms with Gasteiger partial charge >= 0.3 is 0 Å². The van der Waals surface area contributed by atoms with Crippen LogP contribution in [0.25, 0.3) is 0 Å². The van der Waals surface area contributed by atoms with Gasteiger partial charge in [0.1, 0.15) is 27.8 Å². The molecule has 0 radical (unpaired) electrons. The first-order chi connectivity index (χ1) is 16.9. The molecule has 0 saturated heterocycles. The van der Waals surface area contributed by atoms with Crippen molar-refractivity contribution in [3.8, 4) is 5.75 Å². The molecule has 1 atom stereocenters. The minimum absolute atomic E-state index is 0.143. The monoisotopic (exact) mass is 522 g/mol. The van der Waals surface area contributed by atoms with Gasteiger partial charge in [-0.3, -0.25) is 14.6 Å². The molecule has 2 aromatic rings. The Balaban J connectivity index is 1.76. The fourth-order valence-electron chi connectivity index (χ4n) is 3.72. The van der Waals surface area contributed by atoms with Gasteiger partial charge in [-0.2, -0.15) is 0 Å². The molecule has 0 aliphatic heterocycles. The zero-order valence-electron chi connectivity index (χ0n) is 20.6. The third-order valence-corrected chi connectivity index (χ3v) is 9.32. The first-order valence-electron chi connectivity index (χ1n) is 11.7. The largest absolute Gasteiger partial charge is 0.492 e. The number of amides is 1. The van der Waals surface area contributed by atoms with Crippen molar-refractivity contribution >= 4 is 27.3 Å². The third-order valence-electron chi connectivity index (χ3n) is 6.71. The van der Waals surface area contributed by atoms with Crippen LogP contribution < -0.4 is 15.8 Å². The number of anilines is 1. The number of alkyl halides is 1. The summed E-state index contributed by atoms with van der Waals surface area (Å²) in [6.07, 6.45) is 4.98. The van der Waals surface area contributed by atoms with Gasteiger partial charge in [-0.15, -0.1) is 0 Å². The lowest BCUT2D eigenvalue weighted by molar-refractivity contribution is 0.102. The third kappa shape index (κ3) is 6.00. The van der Waals surface area contributed by atoms with E-state index in [1.165, 1.54) is 38.6 Å². The summed E-state index contributed by atoms with van der Waals surface area (Å²) in [5.74, 6) is -2.95. The standard InChI is InChI=1S/C25H32F2N4O4S/c1-15-9-19(35-13-16-5-4-6-16)12-30-22(15)23(32)31-18-7-8-21(27)20(10-18)17(11-26)14-36(33,34)25(2,3)24(28)29/h7-10,12,16-17H,4-6,11,13-14H2,1-3H3,(H3,28,29)(H,31,32). The number of halogens is 2. The van der Waals surface area contributed by atoms with Crippen LogP contribution in [0.15, 0.2) is 30.5 Å². The minimum Gasteiger partial charge on any atom is -0.492 e. The number of aryl methyl sites for hydroxylation is 1. The number of nitrogens with one attached hydrogen (secondary N) is 2. The van der Waals surface area contributed by atoms with E-state index in [0.717, 1.165) is 18.9 Å². The molecule has 3 rings (SSSR count). The lowest BCUT2D eigenvalue weighted by atomic mass is 9.86. The van der Waals surface area contributed by atoms with Gasteiger partial charge in [0.05, 0.1) is 25.2 Å². The van der Waals surface area contributed by atoms with E-state index in [2.05, 4.69) is 10.3 Å². The molecule has 4 N–H and O–H groups in total. The maximum atomic E-state index is 14.6. The zero-order chi connectivity index (χ0) is 26.7. The summed E-state index contributed by atoms with van der Waals surface area (Å²) in [5.41, 5.74) is 6.09. The molecule has 1 aliphatic rings. The van der Waals surface area contributed by atoms with E-state index < -0.39 is 50.5 Å². The average molecular weight is 523 g/mol. The van der Waals surface area contributed by atoms with Crippen molar-refractivity contribution in [3.05, 3.63) is 53.1 Å². The Labute approximate surface area is 210 Å². The Kier molecular flexibility index (Phi) is 8.33. The Hall–Kier alpha value is -3.08. The van der Waals surface area contributed by atoms with Gasteiger partial charge in [-0.05, 0) is 74.9 Å². The van der Waals surface area contributed by atoms with Crippen LogP contribution in [0.2, 0.25) is 0 Å². The number of carbonyl (C=O) groups excluding carboxylic acids is 1. The molecule has 1 aliphatic carbocycles. The molecule has 8 nitrogen and oxygen atoms in total. The number of carbonyl (C=O) groups is 1. The summed E-state index contributed by atoms with van der Waals surface area (Å²) in [6.45, 7) is 3.65. The summed E-state index contributed by atoms with van der Waals surface area (Å²) in [4.78, 5) is 17.0. The number of rotatable bonds is 11. The van der Waals surface area contributed by atoms with Crippen molar-refractivity contribution in [2.75, 3.05) is 24.4 Å². The van der Waals surface area contributed by atoms with Gasteiger partial charge in [0, 0.05) is 11.6 Å². The summed E-state index contributed by atoms with van der Waals surface area (Å²) in [5, 5.41) is 10.2. The van der Waals surface area contributed by atoms with Gasteiger partial charge in [0.2, 0.25) is 0 Å². The average Bonchev–Trinajstić information content (AvgIpc) is 2.77. The number of nitrogens with two attached hydrogens (primary N) is 1. The molecule has 1 unspecified atom stereocenters. The maximum Gasteiger partial charge on any atom is 0.274 e. The van der Waals surface area contributed by atoms with Gasteiger partial charge in [0.25, 0.3) is 5.91 Å². The minimum atomic E-state index is -4.10. The first kappa shape index (κ1) is 27.5. The molecule has 1 heterocycles. The summed E-state index contributed by atoms with van der Waals surface area (Å²) in [7, 11) is -4.10. The van der Waals surface area contributed by atoms with E-state index in [-0.39, 0.29) is 16.9 Å². The number of hydrogen-bond donors (Lipinski definition) is 3. The van der Waals surface area contributed by atoms with Crippen molar-refractivity contribution < 1.29 is 26.7 Å². The number of sulfone groups is 1. The van der Waals surface area contributed by atoms with Crippen LogP contribution in [0.1, 0.15) is 60.6 Å². The number of nitrogens with zero attached hydrogens (tertiary/aromatic N) is 1. The molecule has 11 heteroatoms. The molecule has 1 amide bonds. The number of benzene rings is 1. The lowest BCUT2D eigenvalue weighted by Gasteiger charge is -2.26. The summed E-state index contributed by atoms with van der Waals surface area (Å²) in [6, 6.07) is 5.26. The van der Waals surface area contributed by atoms with Crippen LogP contribution in [-0.4, -0.2) is 48.9 Å². The van der Waals surface area contributed by atoms with E-state index in [1.54, 1.807) is 13.0 Å². The second-order valence-electron chi connectivity index (χ2n) is 9.69. The van der Waals surface area contributed by atoms with Crippen molar-refractivity contribution in [2.45, 2.75) is 50.7 Å². The van der Waals surface area contributed by atoms with Crippen LogP contribution in [0.3, 0.4) is 0 Å². The van der Waals surface area contributed by atoms with Gasteiger partial charge in [-0.25, -0.2) is 17.8 Å². The van der Waals surface area contributed by atoms with E-state index in [0.29, 0.717) is 23.8 Å². The SMILES string of the molecule is Cc1cc(OCC2CCC2)cnc1C(=O)Nc1ccc(F)c(C(CF)CS(=O)(=O)C(C)(C)C(=N)N)c1. The van der Waals surface area contributed by atoms with Crippen molar-refractivity contribution in [3.63, 3.8) is 0 Å². The highest BCUT2D eigenvalue weighted by molar-refractivity contribution is 7.93. The van der Waals surface area contributed by atoms with Crippen LogP contribution in [0.4, 0.5) is 14.5 Å². The second-order valence-corrected chi connectivity index (χ2v) is 12.3. The number of amidine groups is 1. The van der Waals surface area contributed by atoms with Crippen LogP contribution >= 0.6 is 0 Å². The van der Waals surface area contributed by atoms with Crippen molar-refractivity contribution in [2.24, 2.45) is 11.7 Å². The molecular weight excluding hydrogens is 490 g/mol. The Bertz CT molecular complexity index is 1250. The number of aromatic nitrogens is 1. The van der Waals surface area contributed by atoms with E-state index in [9.17, 15) is 22.0 Å². The molecule has 196 valence electrons. The Morgan fingerprint density at radius 3 is 2.58 bits per heavy atom. The molecule has 1 fully saturated rings. The molecular formula is C25H32F2N4O4S. The predicted molar refractivity (Wildman–Crippen MR) is 135 cm³/mol. The Morgan fingerprint density at radius 2 is 2.03 bits per heavy atom. The normalized spacial score (nSPS) is 15.1. The van der Waals surface area contributed by atoms with E-state index >= 15 is 0 Å². The summed E-state index contributed by atoms with van der Waals surface area (Å²) >= 11 is 0. The highest BCUT2D eigenvalue weighted by Crippen LogP contribution is 2.30. The number of hydrogen-bond acceptors (Lipinski definition) is 6.